The highest BCUT2D eigenvalue weighted by Gasteiger charge is 2.77. The second-order valence-corrected chi connectivity index (χ2v) is 17.5. The average Bonchev–Trinajstić information content (AvgIpc) is 2.92. The molecule has 1 N–H and O–H groups in total. The Labute approximate surface area is 184 Å². The first-order valence-corrected chi connectivity index (χ1v) is 15.0. The molecule has 0 amide bonds. The Morgan fingerprint density at radius 3 is 2.50 bits per heavy atom. The van der Waals surface area contributed by atoms with Crippen molar-refractivity contribution in [2.75, 3.05) is 0 Å². The highest BCUT2D eigenvalue weighted by Crippen LogP contribution is 2.68. The van der Waals surface area contributed by atoms with Crippen LogP contribution in [0.2, 0.25) is 18.1 Å². The van der Waals surface area contributed by atoms with Crippen LogP contribution in [0.25, 0.3) is 0 Å². The van der Waals surface area contributed by atoms with Gasteiger partial charge in [0.1, 0.15) is 11.7 Å². The predicted molar refractivity (Wildman–Crippen MR) is 123 cm³/mol. The number of fused-ring (bicyclic) bond motifs is 1. The maximum absolute atomic E-state index is 11.8. The molecule has 4 aliphatic rings. The zero-order valence-corrected chi connectivity index (χ0v) is 21.5. The van der Waals surface area contributed by atoms with Crippen LogP contribution >= 0.6 is 0 Å². The van der Waals surface area contributed by atoms with E-state index in [9.17, 15) is 5.11 Å². The molecular weight excluding hydrogens is 392 g/mol. The van der Waals surface area contributed by atoms with Crippen molar-refractivity contribution in [1.82, 2.24) is 0 Å². The molecule has 3 unspecified atom stereocenters. The van der Waals surface area contributed by atoms with E-state index >= 15 is 0 Å². The smallest absolute Gasteiger partial charge is 0.192 e. The number of rotatable bonds is 2. The Kier molecular flexibility index (Phi) is 5.28. The Hall–Kier alpha value is -0.203. The Balaban J connectivity index is 1.91. The molecule has 4 nitrogen and oxygen atoms in total. The lowest BCUT2D eigenvalue weighted by Crippen LogP contribution is -2.64. The van der Waals surface area contributed by atoms with Gasteiger partial charge < -0.3 is 19.0 Å². The number of hydrogen-bond acceptors (Lipinski definition) is 4. The third-order valence-electron chi connectivity index (χ3n) is 9.20. The zero-order chi connectivity index (χ0) is 22.3. The summed E-state index contributed by atoms with van der Waals surface area (Å²) in [6, 6.07) is 0. The van der Waals surface area contributed by atoms with E-state index in [-0.39, 0.29) is 22.7 Å². The molecule has 1 aliphatic heterocycles. The molecule has 0 aromatic heterocycles. The highest BCUT2D eigenvalue weighted by atomic mass is 28.4. The minimum Gasteiger partial charge on any atom is -0.413 e. The van der Waals surface area contributed by atoms with Gasteiger partial charge in [0, 0.05) is 5.41 Å². The number of aliphatic hydroxyl groups excluding tert-OH is 1. The summed E-state index contributed by atoms with van der Waals surface area (Å²) in [6.07, 6.45) is 5.64. The summed E-state index contributed by atoms with van der Waals surface area (Å²) in [6.45, 7) is 22.3. The molecule has 0 radical (unpaired) electrons. The first-order valence-electron chi connectivity index (χ1n) is 12.1. The maximum Gasteiger partial charge on any atom is 0.192 e. The lowest BCUT2D eigenvalue weighted by molar-refractivity contribution is -0.234. The molecule has 7 atom stereocenters. The van der Waals surface area contributed by atoms with Gasteiger partial charge in [0.05, 0.1) is 12.2 Å². The molecule has 1 saturated heterocycles. The van der Waals surface area contributed by atoms with Crippen LogP contribution in [0, 0.1) is 17.3 Å². The van der Waals surface area contributed by atoms with Crippen molar-refractivity contribution in [3.05, 3.63) is 12.2 Å². The van der Waals surface area contributed by atoms with Crippen LogP contribution in [-0.4, -0.2) is 43.1 Å². The monoisotopic (exact) mass is 436 g/mol. The van der Waals surface area contributed by atoms with Crippen molar-refractivity contribution < 1.29 is 19.0 Å². The van der Waals surface area contributed by atoms with Gasteiger partial charge in [-0.05, 0) is 75.1 Å². The van der Waals surface area contributed by atoms with Gasteiger partial charge >= 0.3 is 0 Å². The van der Waals surface area contributed by atoms with Gasteiger partial charge in [0.2, 0.25) is 0 Å². The number of aliphatic hydroxyl groups is 1. The summed E-state index contributed by atoms with van der Waals surface area (Å²) in [5, 5.41) is 11.9. The number of ether oxygens (including phenoxy) is 2. The summed E-state index contributed by atoms with van der Waals surface area (Å²) < 4.78 is 20.7. The van der Waals surface area contributed by atoms with Crippen molar-refractivity contribution in [3.63, 3.8) is 0 Å². The summed E-state index contributed by atoms with van der Waals surface area (Å²) in [5.74, 6) is -0.000588. The van der Waals surface area contributed by atoms with Crippen LogP contribution in [0.5, 0.6) is 0 Å². The topological polar surface area (TPSA) is 47.9 Å². The van der Waals surface area contributed by atoms with Gasteiger partial charge in [-0.15, -0.1) is 0 Å². The number of hydrogen-bond donors (Lipinski definition) is 1. The molecule has 4 fully saturated rings. The minimum atomic E-state index is -2.02. The zero-order valence-electron chi connectivity index (χ0n) is 20.5. The second kappa shape index (κ2) is 6.90. The van der Waals surface area contributed by atoms with E-state index in [1.54, 1.807) is 0 Å². The van der Waals surface area contributed by atoms with E-state index in [1.807, 2.05) is 13.8 Å². The van der Waals surface area contributed by atoms with Gasteiger partial charge in [-0.25, -0.2) is 0 Å². The molecule has 0 aromatic carbocycles. The highest BCUT2D eigenvalue weighted by molar-refractivity contribution is 6.74. The van der Waals surface area contributed by atoms with E-state index in [1.165, 1.54) is 6.42 Å². The minimum absolute atomic E-state index is 0.0831. The van der Waals surface area contributed by atoms with E-state index in [4.69, 9.17) is 13.9 Å². The SMILES string of the molecule is C=C1CC2CCCCC3(C[C@@H](C)[C@@H]4OC(C)(C)O[C@@]43[C@@H]1O)C2O[Si](C)(C)C(C)(C)C. The first kappa shape index (κ1) is 23.0. The molecule has 2 bridgehead atoms. The van der Waals surface area contributed by atoms with Crippen LogP contribution in [0.1, 0.15) is 80.1 Å². The molecular formula is C25H44O4Si. The van der Waals surface area contributed by atoms with Gasteiger partial charge in [0.15, 0.2) is 14.1 Å². The Bertz CT molecular complexity index is 710. The third-order valence-corrected chi connectivity index (χ3v) is 13.7. The van der Waals surface area contributed by atoms with E-state index in [0.29, 0.717) is 11.8 Å². The van der Waals surface area contributed by atoms with Gasteiger partial charge in [0.25, 0.3) is 0 Å². The molecule has 4 rings (SSSR count). The molecule has 3 saturated carbocycles. The molecule has 2 spiro atoms. The van der Waals surface area contributed by atoms with Crippen LogP contribution < -0.4 is 0 Å². The fourth-order valence-electron chi connectivity index (χ4n) is 7.02. The molecule has 0 aromatic rings. The molecule has 30 heavy (non-hydrogen) atoms. The molecule has 1 heterocycles. The normalized spacial score (nSPS) is 46.2. The van der Waals surface area contributed by atoms with E-state index in [2.05, 4.69) is 47.4 Å². The lowest BCUT2D eigenvalue weighted by atomic mass is 9.64. The van der Waals surface area contributed by atoms with Crippen molar-refractivity contribution in [2.45, 2.75) is 128 Å². The fourth-order valence-corrected chi connectivity index (χ4v) is 8.43. The third kappa shape index (κ3) is 3.06. The van der Waals surface area contributed by atoms with Crippen molar-refractivity contribution >= 4 is 8.32 Å². The van der Waals surface area contributed by atoms with Gasteiger partial charge in [-0.3, -0.25) is 0 Å². The van der Waals surface area contributed by atoms with E-state index < -0.39 is 25.8 Å². The molecule has 3 aliphatic carbocycles. The summed E-state index contributed by atoms with van der Waals surface area (Å²) in [5.41, 5.74) is -0.0903. The molecule has 172 valence electrons. The van der Waals surface area contributed by atoms with Crippen LogP contribution in [0.3, 0.4) is 0 Å². The summed E-state index contributed by atoms with van der Waals surface area (Å²) >= 11 is 0. The van der Waals surface area contributed by atoms with Crippen molar-refractivity contribution in [3.8, 4) is 0 Å². The average molecular weight is 437 g/mol. The quantitative estimate of drug-likeness (QED) is 0.439. The van der Waals surface area contributed by atoms with Crippen molar-refractivity contribution in [2.24, 2.45) is 17.3 Å². The van der Waals surface area contributed by atoms with Gasteiger partial charge in [-0.2, -0.15) is 0 Å². The lowest BCUT2D eigenvalue weighted by Gasteiger charge is -2.53. The van der Waals surface area contributed by atoms with Crippen molar-refractivity contribution in [1.29, 1.82) is 0 Å². The summed E-state index contributed by atoms with van der Waals surface area (Å²) in [4.78, 5) is 0. The first-order chi connectivity index (χ1) is 13.7. The van der Waals surface area contributed by atoms with Crippen LogP contribution in [-0.2, 0) is 13.9 Å². The van der Waals surface area contributed by atoms with Crippen LogP contribution in [0.15, 0.2) is 12.2 Å². The van der Waals surface area contributed by atoms with Gasteiger partial charge in [-0.1, -0.05) is 47.1 Å². The standard InChI is InChI=1S/C25H44O4Si/c1-16-14-18-12-10-11-13-24(21(18)28-30(8,9)22(3,4)5)15-17(2)20-25(24,19(16)26)29-23(6,7)27-20/h17-21,26H,1,10-15H2,2-9H3/t17-,18?,19-,20+,21?,24?,25+/m1/s1. The summed E-state index contributed by atoms with van der Waals surface area (Å²) in [7, 11) is -2.02. The Morgan fingerprint density at radius 2 is 1.87 bits per heavy atom. The van der Waals surface area contributed by atoms with Crippen LogP contribution in [0.4, 0.5) is 0 Å². The predicted octanol–water partition coefficient (Wildman–Crippen LogP) is 5.80. The second-order valence-electron chi connectivity index (χ2n) is 12.7. The van der Waals surface area contributed by atoms with E-state index in [0.717, 1.165) is 37.7 Å². The molecule has 5 heteroatoms. The fraction of sp³-hybridized carbons (Fsp3) is 0.920. The maximum atomic E-state index is 11.8. The largest absolute Gasteiger partial charge is 0.413 e. The Morgan fingerprint density at radius 1 is 1.20 bits per heavy atom.